The van der Waals surface area contributed by atoms with Gasteiger partial charge in [0.05, 0.1) is 10.9 Å². The van der Waals surface area contributed by atoms with E-state index in [1.807, 2.05) is 12.1 Å². The van der Waals surface area contributed by atoms with Crippen LogP contribution >= 0.6 is 0 Å². The van der Waals surface area contributed by atoms with Gasteiger partial charge >= 0.3 is 0 Å². The number of nitrogens with zero attached hydrogens (tertiary/aromatic N) is 1. The monoisotopic (exact) mass is 631 g/mol. The third-order valence-corrected chi connectivity index (χ3v) is 10.0. The van der Waals surface area contributed by atoms with Crippen LogP contribution in [-0.2, 0) is 0 Å². The van der Waals surface area contributed by atoms with E-state index in [-0.39, 0.29) is 0 Å². The molecule has 0 atom stereocenters. The highest BCUT2D eigenvalue weighted by atomic mass is 15.0. The van der Waals surface area contributed by atoms with Gasteiger partial charge in [0.25, 0.3) is 0 Å². The average molecular weight is 632 g/mol. The summed E-state index contributed by atoms with van der Waals surface area (Å²) < 4.78 is 2.45. The molecule has 0 saturated carbocycles. The highest BCUT2D eigenvalue weighted by molar-refractivity contribution is 5.98. The molecule has 0 bridgehead atoms. The second-order valence-electron chi connectivity index (χ2n) is 12.9. The Labute approximate surface area is 289 Å². The Morgan fingerprint density at radius 1 is 0.420 bits per heavy atom. The van der Waals surface area contributed by atoms with Crippen LogP contribution in [0.25, 0.3) is 66.5 Å². The summed E-state index contributed by atoms with van der Waals surface area (Å²) in [7, 11) is 0. The third-order valence-electron chi connectivity index (χ3n) is 10.0. The summed E-state index contributed by atoms with van der Waals surface area (Å²) in [5.74, 6) is 0. The fourth-order valence-corrected chi connectivity index (χ4v) is 7.74. The Hall–Kier alpha value is -6.84. The minimum atomic E-state index is 1.09. The van der Waals surface area contributed by atoms with E-state index in [9.17, 15) is 0 Å². The molecular weight excluding hydrogens is 603 g/mol. The van der Waals surface area contributed by atoms with Gasteiger partial charge in [-0.2, -0.15) is 0 Å². The highest BCUT2D eigenvalue weighted by Gasteiger charge is 2.15. The highest BCUT2D eigenvalue weighted by Crippen LogP contribution is 2.32. The van der Waals surface area contributed by atoms with Crippen molar-refractivity contribution < 1.29 is 0 Å². The Kier molecular flexibility index (Phi) is 6.43. The van der Waals surface area contributed by atoms with E-state index in [1.165, 1.54) is 70.5 Å². The Balaban J connectivity index is 1.28. The molecule has 1 aliphatic rings. The maximum Gasteiger partial charge on any atom is 0.0632 e. The van der Waals surface area contributed by atoms with E-state index >= 15 is 0 Å². The van der Waals surface area contributed by atoms with Crippen LogP contribution in [0.4, 0.5) is 0 Å². The molecule has 1 aliphatic carbocycles. The molecule has 0 N–H and O–H groups in total. The number of hydrogen-bond donors (Lipinski definition) is 0. The fraction of sp³-hybridized carbons (Fsp3) is 0. The van der Waals surface area contributed by atoms with Crippen molar-refractivity contribution in [3.63, 3.8) is 0 Å². The van der Waals surface area contributed by atoms with Crippen LogP contribution < -0.4 is 10.4 Å². The van der Waals surface area contributed by atoms with Gasteiger partial charge in [0.2, 0.25) is 0 Å². The first-order valence-corrected chi connectivity index (χ1v) is 17.0. The third kappa shape index (κ3) is 4.45. The number of fused-ring (bicyclic) bond motifs is 7. The van der Waals surface area contributed by atoms with Crippen molar-refractivity contribution in [1.82, 2.24) is 4.57 Å². The summed E-state index contributed by atoms with van der Waals surface area (Å²) in [6.07, 6.45) is 0. The van der Waals surface area contributed by atoms with Crippen LogP contribution in [-0.4, -0.2) is 4.57 Å². The average Bonchev–Trinajstić information content (AvgIpc) is 3.45. The molecular formula is C49H29N. The lowest BCUT2D eigenvalue weighted by Crippen LogP contribution is -2.08. The predicted octanol–water partition coefficient (Wildman–Crippen LogP) is 10.0. The molecule has 9 aromatic rings. The SMILES string of the molecule is C1=c2ccccc2=c2c(c3ccccc3n2-c2ccc(-c3ccc(-c4cc#ccc4)cc3)cc2)=c2c=1cc(-c1ccccc1)c1ccccc21. The van der Waals surface area contributed by atoms with Crippen molar-refractivity contribution in [2.75, 3.05) is 0 Å². The lowest BCUT2D eigenvalue weighted by molar-refractivity contribution is 1.06. The van der Waals surface area contributed by atoms with Gasteiger partial charge in [-0.1, -0.05) is 140 Å². The summed E-state index contributed by atoms with van der Waals surface area (Å²) in [5, 5.41) is 10.8. The van der Waals surface area contributed by atoms with Crippen molar-refractivity contribution in [3.05, 3.63) is 219 Å². The predicted molar refractivity (Wildman–Crippen MR) is 205 cm³/mol. The lowest BCUT2D eigenvalue weighted by atomic mass is 9.95. The molecule has 1 heterocycles. The quantitative estimate of drug-likeness (QED) is 0.182. The smallest absolute Gasteiger partial charge is 0.0632 e. The maximum atomic E-state index is 3.91. The standard InChI is InChI=1S/C49H29N/c1-3-13-33(14-4-1)34-23-25-35(26-24-34)36-27-29-40(30-28-36)50-46-22-12-11-21-44(46)48-47-39(31-38-17-7-8-18-41(38)49(48)50)32-45(37-15-5-2-6-16-37)42-19-9-10-20-43(42)47/h2-3,5-30,32H. The minimum absolute atomic E-state index is 1.09. The zero-order valence-electron chi connectivity index (χ0n) is 27.2. The summed E-state index contributed by atoms with van der Waals surface area (Å²) >= 11 is 0. The molecule has 1 nitrogen and oxygen atoms in total. The Morgan fingerprint density at radius 3 is 1.82 bits per heavy atom. The summed E-state index contributed by atoms with van der Waals surface area (Å²) in [4.78, 5) is 0. The van der Waals surface area contributed by atoms with Crippen molar-refractivity contribution in [2.24, 2.45) is 0 Å². The zero-order valence-corrected chi connectivity index (χ0v) is 27.2. The number of hydrogen-bond acceptors (Lipinski definition) is 0. The van der Waals surface area contributed by atoms with Crippen LogP contribution in [0.2, 0.25) is 0 Å². The molecule has 1 heteroatoms. The van der Waals surface area contributed by atoms with Gasteiger partial charge in [-0.05, 0) is 92.7 Å². The molecule has 1 aromatic heterocycles. The van der Waals surface area contributed by atoms with Crippen molar-refractivity contribution in [3.8, 4) is 39.1 Å². The van der Waals surface area contributed by atoms with E-state index in [1.54, 1.807) is 0 Å². The second-order valence-corrected chi connectivity index (χ2v) is 12.9. The van der Waals surface area contributed by atoms with Crippen molar-refractivity contribution >= 4 is 27.4 Å². The van der Waals surface area contributed by atoms with E-state index in [4.69, 9.17) is 0 Å². The summed E-state index contributed by atoms with van der Waals surface area (Å²) in [6.45, 7) is 0. The first-order valence-electron chi connectivity index (χ1n) is 17.0. The molecule has 10 rings (SSSR count). The first kappa shape index (κ1) is 28.2. The lowest BCUT2D eigenvalue weighted by Gasteiger charge is -2.10. The molecule has 0 unspecified atom stereocenters. The van der Waals surface area contributed by atoms with Crippen molar-refractivity contribution in [1.29, 1.82) is 0 Å². The topological polar surface area (TPSA) is 4.93 Å². The molecule has 0 radical (unpaired) electrons. The molecule has 0 fully saturated rings. The van der Waals surface area contributed by atoms with E-state index in [0.717, 1.165) is 21.7 Å². The second kappa shape index (κ2) is 11.4. The number of para-hydroxylation sites is 1. The van der Waals surface area contributed by atoms with Crippen molar-refractivity contribution in [2.45, 2.75) is 0 Å². The Bertz CT molecular complexity index is 3080. The van der Waals surface area contributed by atoms with Crippen LogP contribution in [0.15, 0.2) is 176 Å². The van der Waals surface area contributed by atoms with Gasteiger partial charge in [0.1, 0.15) is 0 Å². The number of benzene rings is 7. The van der Waals surface area contributed by atoms with Gasteiger partial charge in [-0.15, -0.1) is 5.73 Å². The molecule has 230 valence electrons. The molecule has 8 aromatic carbocycles. The minimum Gasteiger partial charge on any atom is -0.309 e. The number of aromatic nitrogens is 1. The normalized spacial score (nSPS) is 11.4. The molecule has 0 saturated heterocycles. The summed E-state index contributed by atoms with van der Waals surface area (Å²) in [5.41, 5.74) is 13.3. The molecule has 50 heavy (non-hydrogen) atoms. The van der Waals surface area contributed by atoms with Crippen LogP contribution in [0.1, 0.15) is 0 Å². The fourth-order valence-electron chi connectivity index (χ4n) is 7.74. The van der Waals surface area contributed by atoms with Crippen LogP contribution in [0.3, 0.4) is 0 Å². The van der Waals surface area contributed by atoms with Gasteiger partial charge < -0.3 is 4.57 Å². The van der Waals surface area contributed by atoms with E-state index < -0.39 is 0 Å². The van der Waals surface area contributed by atoms with Gasteiger partial charge in [-0.25, -0.2) is 0 Å². The molecule has 0 spiro atoms. The Morgan fingerprint density at radius 2 is 1.06 bits per heavy atom. The largest absolute Gasteiger partial charge is 0.309 e. The van der Waals surface area contributed by atoms with E-state index in [0.29, 0.717) is 0 Å². The molecule has 0 aliphatic heterocycles. The van der Waals surface area contributed by atoms with Crippen LogP contribution in [0.5, 0.6) is 0 Å². The van der Waals surface area contributed by atoms with Gasteiger partial charge in [0, 0.05) is 37.2 Å². The summed E-state index contributed by atoms with van der Waals surface area (Å²) in [6, 6.07) is 69.3. The van der Waals surface area contributed by atoms with Gasteiger partial charge in [-0.3, -0.25) is 0 Å². The molecule has 0 amide bonds. The first-order chi connectivity index (χ1) is 24.8. The van der Waals surface area contributed by atoms with E-state index in [2.05, 4.69) is 186 Å². The zero-order chi connectivity index (χ0) is 33.0. The maximum absolute atomic E-state index is 3.91. The number of rotatable bonds is 4. The van der Waals surface area contributed by atoms with Gasteiger partial charge in [0.15, 0.2) is 0 Å². The van der Waals surface area contributed by atoms with Crippen LogP contribution in [0, 0.1) is 33.1 Å².